The van der Waals surface area contributed by atoms with E-state index in [-0.39, 0.29) is 5.91 Å². The maximum atomic E-state index is 12.4. The molecule has 0 saturated carbocycles. The molecule has 0 aromatic heterocycles. The van der Waals surface area contributed by atoms with Crippen molar-refractivity contribution in [3.63, 3.8) is 0 Å². The number of rotatable bonds is 6. The number of piperazine rings is 1. The number of ether oxygens (including phenoxy) is 1. The lowest BCUT2D eigenvalue weighted by Gasteiger charge is -2.36. The van der Waals surface area contributed by atoms with Crippen LogP contribution in [0.25, 0.3) is 0 Å². The third-order valence-electron chi connectivity index (χ3n) is 5.77. The number of anilines is 3. The standard InChI is InChI=1S/C23H30N4O3/c28-22-7-5-21(6-8-22)26-13-11-25(12-14-26)10-9-23(29)24-19-1-3-20(4-2-19)27-15-17-30-18-16-27/h1-8,28H,9-18H2,(H,24,29). The molecule has 2 aliphatic rings. The van der Waals surface area contributed by atoms with Gasteiger partial charge in [0.2, 0.25) is 5.91 Å². The fourth-order valence-electron chi connectivity index (χ4n) is 3.95. The quantitative estimate of drug-likeness (QED) is 0.762. The molecule has 7 heteroatoms. The van der Waals surface area contributed by atoms with Crippen LogP contribution in [0.4, 0.5) is 17.1 Å². The number of nitrogens with zero attached hydrogens (tertiary/aromatic N) is 3. The number of benzene rings is 2. The maximum absolute atomic E-state index is 12.4. The highest BCUT2D eigenvalue weighted by molar-refractivity contribution is 5.91. The summed E-state index contributed by atoms with van der Waals surface area (Å²) in [6.45, 7) is 7.83. The van der Waals surface area contributed by atoms with Gasteiger partial charge in [0.15, 0.2) is 0 Å². The van der Waals surface area contributed by atoms with E-state index in [0.29, 0.717) is 12.2 Å². The first-order valence-electron chi connectivity index (χ1n) is 10.7. The Morgan fingerprint density at radius 3 is 2.03 bits per heavy atom. The van der Waals surface area contributed by atoms with Crippen LogP contribution in [-0.4, -0.2) is 74.9 Å². The second-order valence-electron chi connectivity index (χ2n) is 7.79. The topological polar surface area (TPSA) is 68.3 Å². The fourth-order valence-corrected chi connectivity index (χ4v) is 3.95. The lowest BCUT2D eigenvalue weighted by atomic mass is 10.2. The van der Waals surface area contributed by atoms with Crippen LogP contribution in [0.15, 0.2) is 48.5 Å². The third kappa shape index (κ3) is 5.43. The predicted molar refractivity (Wildman–Crippen MR) is 119 cm³/mol. The van der Waals surface area contributed by atoms with Crippen molar-refractivity contribution in [2.45, 2.75) is 6.42 Å². The zero-order valence-corrected chi connectivity index (χ0v) is 17.3. The smallest absolute Gasteiger partial charge is 0.225 e. The van der Waals surface area contributed by atoms with Crippen molar-refractivity contribution >= 4 is 23.0 Å². The Morgan fingerprint density at radius 1 is 0.833 bits per heavy atom. The van der Waals surface area contributed by atoms with Crippen LogP contribution in [0.2, 0.25) is 0 Å². The number of hydrogen-bond acceptors (Lipinski definition) is 6. The minimum absolute atomic E-state index is 0.0510. The zero-order chi connectivity index (χ0) is 20.8. The van der Waals surface area contributed by atoms with Gasteiger partial charge in [-0.05, 0) is 48.5 Å². The first kappa shape index (κ1) is 20.5. The molecule has 160 valence electrons. The van der Waals surface area contributed by atoms with Gasteiger partial charge in [-0.25, -0.2) is 0 Å². The van der Waals surface area contributed by atoms with Gasteiger partial charge in [-0.15, -0.1) is 0 Å². The molecular weight excluding hydrogens is 380 g/mol. The summed E-state index contributed by atoms with van der Waals surface area (Å²) in [5.74, 6) is 0.342. The van der Waals surface area contributed by atoms with Crippen LogP contribution in [0.3, 0.4) is 0 Å². The minimum Gasteiger partial charge on any atom is -0.508 e. The van der Waals surface area contributed by atoms with E-state index < -0.39 is 0 Å². The lowest BCUT2D eigenvalue weighted by molar-refractivity contribution is -0.116. The van der Waals surface area contributed by atoms with Gasteiger partial charge in [0.05, 0.1) is 13.2 Å². The molecule has 0 radical (unpaired) electrons. The maximum Gasteiger partial charge on any atom is 0.225 e. The first-order chi connectivity index (χ1) is 14.7. The van der Waals surface area contributed by atoms with Gasteiger partial charge >= 0.3 is 0 Å². The Kier molecular flexibility index (Phi) is 6.71. The van der Waals surface area contributed by atoms with Crippen LogP contribution in [-0.2, 0) is 9.53 Å². The second kappa shape index (κ2) is 9.82. The largest absolute Gasteiger partial charge is 0.508 e. The highest BCUT2D eigenvalue weighted by atomic mass is 16.5. The van der Waals surface area contributed by atoms with E-state index in [2.05, 4.69) is 32.1 Å². The summed E-state index contributed by atoms with van der Waals surface area (Å²) >= 11 is 0. The molecule has 2 heterocycles. The summed E-state index contributed by atoms with van der Waals surface area (Å²) < 4.78 is 5.39. The SMILES string of the molecule is O=C(CCN1CCN(c2ccc(O)cc2)CC1)Nc1ccc(N2CCOCC2)cc1. The predicted octanol–water partition coefficient (Wildman–Crippen LogP) is 2.38. The number of amides is 1. The van der Waals surface area contributed by atoms with Gasteiger partial charge in [0.1, 0.15) is 5.75 Å². The number of morpholine rings is 1. The number of phenols is 1. The molecule has 2 N–H and O–H groups in total. The van der Waals surface area contributed by atoms with Gasteiger partial charge < -0.3 is 25.0 Å². The monoisotopic (exact) mass is 410 g/mol. The molecule has 1 amide bonds. The second-order valence-corrected chi connectivity index (χ2v) is 7.79. The van der Waals surface area contributed by atoms with Crippen LogP contribution >= 0.6 is 0 Å². The molecule has 0 atom stereocenters. The average Bonchev–Trinajstić information content (AvgIpc) is 2.80. The van der Waals surface area contributed by atoms with Gasteiger partial charge in [-0.3, -0.25) is 9.69 Å². The van der Waals surface area contributed by atoms with Crippen molar-refractivity contribution in [3.8, 4) is 5.75 Å². The molecule has 0 aliphatic carbocycles. The Labute approximate surface area is 177 Å². The Balaban J connectivity index is 1.18. The fraction of sp³-hybridized carbons (Fsp3) is 0.435. The van der Waals surface area contributed by atoms with Crippen LogP contribution in [0.5, 0.6) is 5.75 Å². The summed E-state index contributed by atoms with van der Waals surface area (Å²) in [4.78, 5) is 19.3. The van der Waals surface area contributed by atoms with E-state index in [9.17, 15) is 9.90 Å². The van der Waals surface area contributed by atoms with E-state index >= 15 is 0 Å². The Bertz CT molecular complexity index is 811. The summed E-state index contributed by atoms with van der Waals surface area (Å²) in [7, 11) is 0. The average molecular weight is 411 g/mol. The molecule has 4 rings (SSSR count). The lowest BCUT2D eigenvalue weighted by Crippen LogP contribution is -2.47. The van der Waals surface area contributed by atoms with Gasteiger partial charge in [-0.1, -0.05) is 0 Å². The first-order valence-corrected chi connectivity index (χ1v) is 10.7. The number of carbonyl (C=O) groups is 1. The van der Waals surface area contributed by atoms with Crippen molar-refractivity contribution in [2.24, 2.45) is 0 Å². The van der Waals surface area contributed by atoms with Crippen LogP contribution < -0.4 is 15.1 Å². The molecule has 2 aromatic rings. The number of aromatic hydroxyl groups is 1. The molecule has 0 bridgehead atoms. The molecule has 7 nitrogen and oxygen atoms in total. The Morgan fingerprint density at radius 2 is 1.40 bits per heavy atom. The Hall–Kier alpha value is -2.77. The molecular formula is C23H30N4O3. The van der Waals surface area contributed by atoms with Gasteiger partial charge in [-0.2, -0.15) is 0 Å². The number of carbonyl (C=O) groups excluding carboxylic acids is 1. The highest BCUT2D eigenvalue weighted by Gasteiger charge is 2.18. The number of nitrogens with one attached hydrogen (secondary N) is 1. The van der Waals surface area contributed by atoms with E-state index in [1.54, 1.807) is 12.1 Å². The molecule has 2 saturated heterocycles. The van der Waals surface area contributed by atoms with E-state index in [1.807, 2.05) is 24.3 Å². The van der Waals surface area contributed by atoms with Crippen molar-refractivity contribution in [1.82, 2.24) is 4.90 Å². The van der Waals surface area contributed by atoms with Crippen LogP contribution in [0.1, 0.15) is 6.42 Å². The molecule has 30 heavy (non-hydrogen) atoms. The molecule has 0 spiro atoms. The van der Waals surface area contributed by atoms with Crippen molar-refractivity contribution in [3.05, 3.63) is 48.5 Å². The zero-order valence-electron chi connectivity index (χ0n) is 17.3. The van der Waals surface area contributed by atoms with Crippen molar-refractivity contribution in [1.29, 1.82) is 0 Å². The summed E-state index contributed by atoms with van der Waals surface area (Å²) in [5, 5.41) is 12.4. The third-order valence-corrected chi connectivity index (χ3v) is 5.77. The van der Waals surface area contributed by atoms with Crippen molar-refractivity contribution < 1.29 is 14.6 Å². The molecule has 2 aromatic carbocycles. The minimum atomic E-state index is 0.0510. The summed E-state index contributed by atoms with van der Waals surface area (Å²) in [6.07, 6.45) is 0.491. The molecule has 0 unspecified atom stereocenters. The number of hydrogen-bond donors (Lipinski definition) is 2. The molecule has 2 aliphatic heterocycles. The van der Waals surface area contributed by atoms with Crippen LogP contribution in [0, 0.1) is 0 Å². The number of phenolic OH excluding ortho intramolecular Hbond substituents is 1. The highest BCUT2D eigenvalue weighted by Crippen LogP contribution is 2.21. The summed E-state index contributed by atoms with van der Waals surface area (Å²) in [6, 6.07) is 15.4. The molecule has 2 fully saturated rings. The van der Waals surface area contributed by atoms with E-state index in [4.69, 9.17) is 4.74 Å². The summed E-state index contributed by atoms with van der Waals surface area (Å²) in [5.41, 5.74) is 3.14. The van der Waals surface area contributed by atoms with Crippen molar-refractivity contribution in [2.75, 3.05) is 74.1 Å². The normalized spacial score (nSPS) is 17.7. The van der Waals surface area contributed by atoms with E-state index in [1.165, 1.54) is 5.69 Å². The van der Waals surface area contributed by atoms with Gasteiger partial charge in [0.25, 0.3) is 0 Å². The van der Waals surface area contributed by atoms with E-state index in [0.717, 1.165) is 70.4 Å². The van der Waals surface area contributed by atoms with Gasteiger partial charge in [0, 0.05) is 69.3 Å².